The summed E-state index contributed by atoms with van der Waals surface area (Å²) >= 11 is 0. The van der Waals surface area contributed by atoms with E-state index in [1.54, 1.807) is 0 Å². The minimum Gasteiger partial charge on any atom is -0.458 e. The molecule has 0 aromatic carbocycles. The second-order valence-corrected chi connectivity index (χ2v) is 7.11. The highest BCUT2D eigenvalue weighted by atomic mass is 28.4. The third-order valence-corrected chi connectivity index (χ3v) is 6.20. The highest BCUT2D eigenvalue weighted by Crippen LogP contribution is 2.21. The first kappa shape index (κ1) is 19.6. The lowest BCUT2D eigenvalue weighted by atomic mass is 10.2. The number of rotatable bonds is 12. The number of ether oxygens (including phenoxy) is 1. The maximum atomic E-state index is 11.9. The zero-order valence-electron chi connectivity index (χ0n) is 13.6. The second kappa shape index (κ2) is 11.3. The summed E-state index contributed by atoms with van der Waals surface area (Å²) in [4.78, 5) is 11.9. The van der Waals surface area contributed by atoms with Crippen molar-refractivity contribution in [3.63, 3.8) is 0 Å². The highest BCUT2D eigenvalue weighted by Gasteiger charge is 2.51. The molecule has 120 valence electrons. The van der Waals surface area contributed by atoms with Crippen LogP contribution in [0, 0.1) is 0 Å². The number of unbranched alkanes of at least 4 members (excludes halogenated alkanes) is 1. The van der Waals surface area contributed by atoms with Gasteiger partial charge in [0.05, 0.1) is 0 Å². The smallest absolute Gasteiger partial charge is 0.458 e. The van der Waals surface area contributed by atoms with E-state index in [1.807, 2.05) is 34.6 Å². The molecule has 20 heavy (non-hydrogen) atoms. The van der Waals surface area contributed by atoms with Crippen LogP contribution in [0.5, 0.6) is 0 Å². The minimum atomic E-state index is -2.97. The molecule has 1 atom stereocenters. The summed E-state index contributed by atoms with van der Waals surface area (Å²) in [6.07, 6.45) is 2.87. The first-order valence-electron chi connectivity index (χ1n) is 7.71. The molecule has 0 amide bonds. The molecule has 0 N–H and O–H groups in total. The van der Waals surface area contributed by atoms with Crippen molar-refractivity contribution in [2.24, 2.45) is 0 Å². The van der Waals surface area contributed by atoms with Crippen LogP contribution < -0.4 is 0 Å². The Morgan fingerprint density at radius 2 is 1.45 bits per heavy atom. The van der Waals surface area contributed by atoms with Crippen LogP contribution in [-0.2, 0) is 22.8 Å². The van der Waals surface area contributed by atoms with Crippen molar-refractivity contribution < 1.29 is 22.8 Å². The van der Waals surface area contributed by atoms with Crippen LogP contribution in [0.4, 0.5) is 0 Å². The average Bonchev–Trinajstić information content (AvgIpc) is 2.43. The second-order valence-electron chi connectivity index (χ2n) is 4.39. The average molecular weight is 306 g/mol. The molecular formula is C14H30O5Si. The fraction of sp³-hybridized carbons (Fsp3) is 0.929. The summed E-state index contributed by atoms with van der Waals surface area (Å²) < 4.78 is 22.9. The van der Waals surface area contributed by atoms with Gasteiger partial charge in [0.25, 0.3) is 0 Å². The molecule has 0 aromatic heterocycles. The summed E-state index contributed by atoms with van der Waals surface area (Å²) in [5.74, 6) is -0.199. The summed E-state index contributed by atoms with van der Waals surface area (Å²) in [6, 6.07) is 0. The molecule has 1 unspecified atom stereocenters. The highest BCUT2D eigenvalue weighted by molar-refractivity contribution is 6.62. The zero-order chi connectivity index (χ0) is 15.4. The SMILES string of the molecule is CCCCC(=O)OC(CC)[Si](OCC)(OCC)OCC. The van der Waals surface area contributed by atoms with E-state index in [-0.39, 0.29) is 5.97 Å². The van der Waals surface area contributed by atoms with E-state index in [4.69, 9.17) is 18.0 Å². The van der Waals surface area contributed by atoms with Gasteiger partial charge in [0.2, 0.25) is 0 Å². The van der Waals surface area contributed by atoms with Crippen molar-refractivity contribution in [1.82, 2.24) is 0 Å². The number of hydrogen-bond acceptors (Lipinski definition) is 5. The van der Waals surface area contributed by atoms with Crippen LogP contribution in [0.25, 0.3) is 0 Å². The summed E-state index contributed by atoms with van der Waals surface area (Å²) in [6.45, 7) is 11.1. The van der Waals surface area contributed by atoms with Gasteiger partial charge in [0, 0.05) is 26.2 Å². The Bertz CT molecular complexity index is 243. The molecule has 0 saturated heterocycles. The van der Waals surface area contributed by atoms with E-state index in [9.17, 15) is 4.79 Å². The number of carbonyl (C=O) groups excluding carboxylic acids is 1. The lowest BCUT2D eigenvalue weighted by Crippen LogP contribution is -2.58. The van der Waals surface area contributed by atoms with Gasteiger partial charge in [-0.3, -0.25) is 4.79 Å². The van der Waals surface area contributed by atoms with Crippen LogP contribution in [0.3, 0.4) is 0 Å². The fourth-order valence-corrected chi connectivity index (χ4v) is 4.74. The fourth-order valence-electron chi connectivity index (χ4n) is 1.95. The maximum Gasteiger partial charge on any atom is 0.544 e. The minimum absolute atomic E-state index is 0.199. The van der Waals surface area contributed by atoms with Gasteiger partial charge in [0.1, 0.15) is 0 Å². The Kier molecular flexibility index (Phi) is 11.0. The molecule has 0 spiro atoms. The zero-order valence-corrected chi connectivity index (χ0v) is 14.6. The van der Waals surface area contributed by atoms with Crippen LogP contribution in [0.2, 0.25) is 0 Å². The van der Waals surface area contributed by atoms with E-state index < -0.39 is 14.5 Å². The molecule has 6 heteroatoms. The normalized spacial score (nSPS) is 13.2. The Morgan fingerprint density at radius 3 is 1.80 bits per heavy atom. The van der Waals surface area contributed by atoms with Crippen molar-refractivity contribution in [1.29, 1.82) is 0 Å². The third kappa shape index (κ3) is 6.34. The molecular weight excluding hydrogens is 276 g/mol. The Balaban J connectivity index is 4.90. The number of esters is 1. The van der Waals surface area contributed by atoms with Crippen LogP contribution >= 0.6 is 0 Å². The van der Waals surface area contributed by atoms with Gasteiger partial charge in [-0.05, 0) is 33.6 Å². The van der Waals surface area contributed by atoms with E-state index in [0.717, 1.165) is 12.8 Å². The molecule has 0 bridgehead atoms. The standard InChI is InChI=1S/C14H30O5Si/c1-6-11-12-13(15)19-14(7-2)20(16-8-3,17-9-4)18-10-5/h14H,6-12H2,1-5H3. The van der Waals surface area contributed by atoms with E-state index in [1.165, 1.54) is 0 Å². The van der Waals surface area contributed by atoms with Gasteiger partial charge in [-0.25, -0.2) is 0 Å². The number of carbonyl (C=O) groups is 1. The first-order valence-corrected chi connectivity index (χ1v) is 9.51. The Hall–Kier alpha value is -0.433. The van der Waals surface area contributed by atoms with Gasteiger partial charge >= 0.3 is 14.8 Å². The largest absolute Gasteiger partial charge is 0.544 e. The molecule has 0 aliphatic rings. The molecule has 0 radical (unpaired) electrons. The first-order chi connectivity index (χ1) is 9.60. The van der Waals surface area contributed by atoms with Crippen molar-refractivity contribution in [3.8, 4) is 0 Å². The van der Waals surface area contributed by atoms with E-state index >= 15 is 0 Å². The maximum absolute atomic E-state index is 11.9. The Morgan fingerprint density at radius 1 is 0.950 bits per heavy atom. The molecule has 0 rings (SSSR count). The number of hydrogen-bond donors (Lipinski definition) is 0. The molecule has 5 nitrogen and oxygen atoms in total. The van der Waals surface area contributed by atoms with E-state index in [2.05, 4.69) is 0 Å². The molecule has 0 heterocycles. The summed E-state index contributed by atoms with van der Waals surface area (Å²) in [5.41, 5.74) is -0.424. The van der Waals surface area contributed by atoms with E-state index in [0.29, 0.717) is 32.7 Å². The third-order valence-electron chi connectivity index (χ3n) is 2.81. The molecule has 0 aliphatic heterocycles. The van der Waals surface area contributed by atoms with Gasteiger partial charge in [-0.2, -0.15) is 0 Å². The van der Waals surface area contributed by atoms with Crippen LogP contribution in [0.15, 0.2) is 0 Å². The van der Waals surface area contributed by atoms with Crippen LogP contribution in [0.1, 0.15) is 60.3 Å². The van der Waals surface area contributed by atoms with Crippen LogP contribution in [-0.4, -0.2) is 40.3 Å². The molecule has 0 fully saturated rings. The quantitative estimate of drug-likeness (QED) is 0.410. The lowest BCUT2D eigenvalue weighted by molar-refractivity contribution is -0.149. The lowest BCUT2D eigenvalue weighted by Gasteiger charge is -2.34. The predicted molar refractivity (Wildman–Crippen MR) is 80.3 cm³/mol. The van der Waals surface area contributed by atoms with Crippen molar-refractivity contribution >= 4 is 14.8 Å². The van der Waals surface area contributed by atoms with Gasteiger partial charge in [0.15, 0.2) is 5.73 Å². The van der Waals surface area contributed by atoms with Crippen molar-refractivity contribution in [2.45, 2.75) is 66.0 Å². The predicted octanol–water partition coefficient (Wildman–Crippen LogP) is 3.09. The van der Waals surface area contributed by atoms with Gasteiger partial charge < -0.3 is 18.0 Å². The monoisotopic (exact) mass is 306 g/mol. The molecule has 0 saturated carbocycles. The van der Waals surface area contributed by atoms with Crippen molar-refractivity contribution in [3.05, 3.63) is 0 Å². The Labute approximate surface area is 124 Å². The van der Waals surface area contributed by atoms with Gasteiger partial charge in [-0.15, -0.1) is 0 Å². The van der Waals surface area contributed by atoms with Crippen molar-refractivity contribution in [2.75, 3.05) is 19.8 Å². The summed E-state index contributed by atoms with van der Waals surface area (Å²) in [5, 5.41) is 0. The topological polar surface area (TPSA) is 54.0 Å². The molecule has 0 aliphatic carbocycles. The molecule has 0 aromatic rings. The summed E-state index contributed by atoms with van der Waals surface area (Å²) in [7, 11) is -2.97. The van der Waals surface area contributed by atoms with Gasteiger partial charge in [-0.1, -0.05) is 20.3 Å².